The predicted octanol–water partition coefficient (Wildman–Crippen LogP) is 1.35. The van der Waals surface area contributed by atoms with Gasteiger partial charge in [-0.3, -0.25) is 9.00 Å². The normalized spacial score (nSPS) is 16.8. The van der Waals surface area contributed by atoms with Gasteiger partial charge in [0.25, 0.3) is 0 Å². The van der Waals surface area contributed by atoms with Gasteiger partial charge >= 0.3 is 0 Å². The average Bonchev–Trinajstić information content (AvgIpc) is 2.37. The minimum atomic E-state index is -0.764. The fourth-order valence-corrected chi connectivity index (χ4v) is 3.04. The third kappa shape index (κ3) is 3.63. The maximum atomic E-state index is 13.0. The van der Waals surface area contributed by atoms with Gasteiger partial charge in [0.1, 0.15) is 5.82 Å². The van der Waals surface area contributed by atoms with E-state index < -0.39 is 10.8 Å². The van der Waals surface area contributed by atoms with Gasteiger partial charge in [0.2, 0.25) is 5.91 Å². The lowest BCUT2D eigenvalue weighted by molar-refractivity contribution is -0.130. The molecular formula is C13H16FNO2S. The first-order valence-corrected chi connectivity index (χ1v) is 7.51. The number of nitrogens with zero attached hydrogens (tertiary/aromatic N) is 1. The Bertz CT molecular complexity index is 454. The van der Waals surface area contributed by atoms with Crippen molar-refractivity contribution in [2.45, 2.75) is 12.8 Å². The third-order valence-corrected chi connectivity index (χ3v) is 4.32. The molecule has 1 aliphatic heterocycles. The van der Waals surface area contributed by atoms with Gasteiger partial charge in [0.15, 0.2) is 0 Å². The molecule has 2 rings (SSSR count). The lowest BCUT2D eigenvalue weighted by atomic mass is 10.1. The smallest absolute Gasteiger partial charge is 0.222 e. The Morgan fingerprint density at radius 1 is 1.33 bits per heavy atom. The highest BCUT2D eigenvalue weighted by molar-refractivity contribution is 7.85. The molecule has 1 aliphatic rings. The molecule has 0 N–H and O–H groups in total. The number of rotatable bonds is 3. The summed E-state index contributed by atoms with van der Waals surface area (Å²) in [4.78, 5) is 13.6. The summed E-state index contributed by atoms with van der Waals surface area (Å²) in [5.41, 5.74) is 0.837. The van der Waals surface area contributed by atoms with Crippen molar-refractivity contribution >= 4 is 16.7 Å². The summed E-state index contributed by atoms with van der Waals surface area (Å²) in [6, 6.07) is 6.32. The largest absolute Gasteiger partial charge is 0.341 e. The maximum Gasteiger partial charge on any atom is 0.222 e. The first kappa shape index (κ1) is 13.2. The van der Waals surface area contributed by atoms with Crippen LogP contribution in [-0.4, -0.2) is 39.6 Å². The lowest BCUT2D eigenvalue weighted by Crippen LogP contribution is -2.41. The van der Waals surface area contributed by atoms with Crippen molar-refractivity contribution in [3.8, 4) is 0 Å². The summed E-state index contributed by atoms with van der Waals surface area (Å²) in [6.45, 7) is 1.16. The van der Waals surface area contributed by atoms with Gasteiger partial charge in [-0.1, -0.05) is 12.1 Å². The molecule has 0 saturated carbocycles. The second-order valence-corrected chi connectivity index (χ2v) is 6.05. The van der Waals surface area contributed by atoms with Crippen LogP contribution in [0.3, 0.4) is 0 Å². The Hall–Kier alpha value is -1.23. The minimum absolute atomic E-state index is 0.0657. The molecule has 18 heavy (non-hydrogen) atoms. The zero-order valence-electron chi connectivity index (χ0n) is 10.1. The van der Waals surface area contributed by atoms with Crippen LogP contribution < -0.4 is 0 Å². The molecule has 1 aromatic carbocycles. The van der Waals surface area contributed by atoms with Crippen LogP contribution in [0.2, 0.25) is 0 Å². The number of carbonyl (C=O) groups excluding carboxylic acids is 1. The van der Waals surface area contributed by atoms with Crippen LogP contribution in [0.5, 0.6) is 0 Å². The fourth-order valence-electron chi connectivity index (χ4n) is 1.99. The van der Waals surface area contributed by atoms with Crippen LogP contribution >= 0.6 is 0 Å². The molecular weight excluding hydrogens is 253 g/mol. The van der Waals surface area contributed by atoms with Crippen molar-refractivity contribution in [3.63, 3.8) is 0 Å². The molecule has 1 aromatic rings. The molecule has 1 amide bonds. The number of amides is 1. The summed E-state index contributed by atoms with van der Waals surface area (Å²) in [6.07, 6.45) is 0.937. The number of halogens is 1. The van der Waals surface area contributed by atoms with E-state index in [9.17, 15) is 13.4 Å². The van der Waals surface area contributed by atoms with E-state index in [-0.39, 0.29) is 11.7 Å². The van der Waals surface area contributed by atoms with Crippen LogP contribution in [0.4, 0.5) is 4.39 Å². The SMILES string of the molecule is O=C(CCc1cccc(F)c1)N1CCS(=O)CC1. The number of benzene rings is 1. The molecule has 3 nitrogen and oxygen atoms in total. The summed E-state index contributed by atoms with van der Waals surface area (Å²) in [5.74, 6) is 0.946. The molecule has 1 fully saturated rings. The second kappa shape index (κ2) is 6.09. The molecule has 0 spiro atoms. The molecule has 0 radical (unpaired) electrons. The van der Waals surface area contributed by atoms with Crippen molar-refractivity contribution < 1.29 is 13.4 Å². The van der Waals surface area contributed by atoms with E-state index in [0.717, 1.165) is 5.56 Å². The number of carbonyl (C=O) groups is 1. The molecule has 0 bridgehead atoms. The van der Waals surface area contributed by atoms with Crippen molar-refractivity contribution in [2.75, 3.05) is 24.6 Å². The standard InChI is InChI=1S/C13H16FNO2S/c14-12-3-1-2-11(10-12)4-5-13(16)15-6-8-18(17)9-7-15/h1-3,10H,4-9H2. The van der Waals surface area contributed by atoms with Gasteiger partial charge in [-0.15, -0.1) is 0 Å². The molecule has 0 unspecified atom stereocenters. The molecule has 0 aromatic heterocycles. The molecule has 1 saturated heterocycles. The summed E-state index contributed by atoms with van der Waals surface area (Å²) < 4.78 is 24.1. The summed E-state index contributed by atoms with van der Waals surface area (Å²) >= 11 is 0. The minimum Gasteiger partial charge on any atom is -0.341 e. The Balaban J connectivity index is 1.83. The third-order valence-electron chi connectivity index (χ3n) is 3.05. The molecule has 1 heterocycles. The van der Waals surface area contributed by atoms with E-state index in [0.29, 0.717) is 37.4 Å². The van der Waals surface area contributed by atoms with Gasteiger partial charge in [-0.2, -0.15) is 0 Å². The van der Waals surface area contributed by atoms with E-state index in [1.165, 1.54) is 12.1 Å². The molecule has 5 heteroatoms. The predicted molar refractivity (Wildman–Crippen MR) is 69.2 cm³/mol. The van der Waals surface area contributed by atoms with Crippen LogP contribution in [0.15, 0.2) is 24.3 Å². The quantitative estimate of drug-likeness (QED) is 0.830. The first-order chi connectivity index (χ1) is 8.65. The van der Waals surface area contributed by atoms with E-state index >= 15 is 0 Å². The summed E-state index contributed by atoms with van der Waals surface area (Å²) in [5, 5.41) is 0. The van der Waals surface area contributed by atoms with E-state index in [2.05, 4.69) is 0 Å². The Morgan fingerprint density at radius 2 is 2.06 bits per heavy atom. The van der Waals surface area contributed by atoms with E-state index in [1.54, 1.807) is 11.0 Å². The highest BCUT2D eigenvalue weighted by Gasteiger charge is 2.19. The lowest BCUT2D eigenvalue weighted by Gasteiger charge is -2.26. The van der Waals surface area contributed by atoms with Crippen molar-refractivity contribution in [3.05, 3.63) is 35.6 Å². The number of aryl methyl sites for hydroxylation is 1. The van der Waals surface area contributed by atoms with Crippen LogP contribution in [0.1, 0.15) is 12.0 Å². The topological polar surface area (TPSA) is 37.4 Å². The zero-order valence-corrected chi connectivity index (χ0v) is 10.9. The van der Waals surface area contributed by atoms with Crippen molar-refractivity contribution in [1.82, 2.24) is 4.90 Å². The van der Waals surface area contributed by atoms with Crippen molar-refractivity contribution in [2.24, 2.45) is 0 Å². The Kier molecular flexibility index (Phi) is 4.47. The molecule has 98 valence electrons. The zero-order chi connectivity index (χ0) is 13.0. The second-order valence-electron chi connectivity index (χ2n) is 4.36. The molecule has 0 atom stereocenters. The monoisotopic (exact) mass is 269 g/mol. The van der Waals surface area contributed by atoms with Gasteiger partial charge in [-0.05, 0) is 24.1 Å². The Labute approximate surface area is 108 Å². The number of hydrogen-bond donors (Lipinski definition) is 0. The summed E-state index contributed by atoms with van der Waals surface area (Å²) in [7, 11) is -0.764. The van der Waals surface area contributed by atoms with Gasteiger partial charge in [0, 0.05) is 41.8 Å². The first-order valence-electron chi connectivity index (χ1n) is 6.02. The molecule has 0 aliphatic carbocycles. The van der Waals surface area contributed by atoms with Crippen LogP contribution in [-0.2, 0) is 22.0 Å². The van der Waals surface area contributed by atoms with Gasteiger partial charge in [-0.25, -0.2) is 4.39 Å². The Morgan fingerprint density at radius 3 is 2.72 bits per heavy atom. The van der Waals surface area contributed by atoms with E-state index in [1.807, 2.05) is 6.07 Å². The average molecular weight is 269 g/mol. The maximum absolute atomic E-state index is 13.0. The van der Waals surface area contributed by atoms with E-state index in [4.69, 9.17) is 0 Å². The van der Waals surface area contributed by atoms with Crippen molar-refractivity contribution in [1.29, 1.82) is 0 Å². The number of hydrogen-bond acceptors (Lipinski definition) is 2. The van der Waals surface area contributed by atoms with Crippen LogP contribution in [0, 0.1) is 5.82 Å². The van der Waals surface area contributed by atoms with Gasteiger partial charge in [0.05, 0.1) is 0 Å². The fraction of sp³-hybridized carbons (Fsp3) is 0.462. The van der Waals surface area contributed by atoms with Crippen LogP contribution in [0.25, 0.3) is 0 Å². The van der Waals surface area contributed by atoms with Gasteiger partial charge < -0.3 is 4.90 Å². The highest BCUT2D eigenvalue weighted by Crippen LogP contribution is 2.09. The highest BCUT2D eigenvalue weighted by atomic mass is 32.2.